The fourth-order valence-corrected chi connectivity index (χ4v) is 4.35. The molecule has 0 N–H and O–H groups in total. The molecule has 3 rings (SSSR count). The van der Waals surface area contributed by atoms with Gasteiger partial charge in [-0.25, -0.2) is 13.2 Å². The van der Waals surface area contributed by atoms with Gasteiger partial charge in [-0.3, -0.25) is 4.57 Å². The molecule has 6 nitrogen and oxygen atoms in total. The second-order valence-corrected chi connectivity index (χ2v) is 7.72. The Kier molecular flexibility index (Phi) is 4.67. The summed E-state index contributed by atoms with van der Waals surface area (Å²) in [5.74, 6) is 0.660. The Bertz CT molecular complexity index is 1050. The number of methoxy groups -OCH3 is 1. The van der Waals surface area contributed by atoms with Gasteiger partial charge in [0.2, 0.25) is 10.0 Å². The second-order valence-electron chi connectivity index (χ2n) is 5.79. The molecule has 0 amide bonds. The normalized spacial score (nSPS) is 11.8. The summed E-state index contributed by atoms with van der Waals surface area (Å²) in [5.41, 5.74) is 1.36. The van der Waals surface area contributed by atoms with Crippen LogP contribution in [0.25, 0.3) is 11.0 Å². The molecule has 1 heterocycles. The molecule has 0 bridgehead atoms. The van der Waals surface area contributed by atoms with Gasteiger partial charge in [0.15, 0.2) is 0 Å². The van der Waals surface area contributed by atoms with Crippen LogP contribution in [0.2, 0.25) is 0 Å². The number of para-hydroxylation sites is 2. The highest BCUT2D eigenvalue weighted by Crippen LogP contribution is 2.18. The summed E-state index contributed by atoms with van der Waals surface area (Å²) in [5, 5.41) is 0. The van der Waals surface area contributed by atoms with E-state index in [1.807, 2.05) is 24.3 Å². The maximum atomic E-state index is 12.9. The molecule has 7 heteroatoms. The van der Waals surface area contributed by atoms with Crippen LogP contribution < -0.4 is 10.4 Å². The predicted molar refractivity (Wildman–Crippen MR) is 97.8 cm³/mol. The summed E-state index contributed by atoms with van der Waals surface area (Å²) in [6.45, 7) is 2.07. The lowest BCUT2D eigenvalue weighted by Gasteiger charge is -2.05. The third-order valence-corrected chi connectivity index (χ3v) is 5.87. The summed E-state index contributed by atoms with van der Waals surface area (Å²) in [4.78, 5) is 12.9. The van der Waals surface area contributed by atoms with E-state index < -0.39 is 15.7 Å². The smallest absolute Gasteiger partial charge is 0.343 e. The lowest BCUT2D eigenvalue weighted by atomic mass is 10.2. The molecular weight excluding hydrogens is 340 g/mol. The zero-order chi connectivity index (χ0) is 18.0. The number of hydrogen-bond donors (Lipinski definition) is 0. The summed E-state index contributed by atoms with van der Waals surface area (Å²) in [6.07, 6.45) is 0.451. The van der Waals surface area contributed by atoms with Crippen molar-refractivity contribution in [3.63, 3.8) is 0 Å². The SMILES string of the molecule is CCCS(=O)(=O)n1c(=O)n(Cc2ccc(OC)cc2)c2ccccc21. The van der Waals surface area contributed by atoms with E-state index in [0.717, 1.165) is 15.3 Å². The predicted octanol–water partition coefficient (Wildman–Crippen LogP) is 2.45. The van der Waals surface area contributed by atoms with Gasteiger partial charge in [0.05, 0.1) is 30.4 Å². The van der Waals surface area contributed by atoms with Crippen molar-refractivity contribution < 1.29 is 13.2 Å². The molecule has 0 saturated carbocycles. The lowest BCUT2D eigenvalue weighted by Crippen LogP contribution is -2.31. The fraction of sp³-hybridized carbons (Fsp3) is 0.278. The van der Waals surface area contributed by atoms with Crippen LogP contribution in [0.3, 0.4) is 0 Å². The van der Waals surface area contributed by atoms with E-state index in [1.54, 1.807) is 38.3 Å². The highest BCUT2D eigenvalue weighted by atomic mass is 32.2. The van der Waals surface area contributed by atoms with Crippen LogP contribution in [-0.2, 0) is 16.6 Å². The van der Waals surface area contributed by atoms with Gasteiger partial charge in [0.1, 0.15) is 5.75 Å². The first-order valence-corrected chi connectivity index (χ1v) is 9.65. The van der Waals surface area contributed by atoms with Crippen LogP contribution in [0, 0.1) is 0 Å². The number of benzene rings is 2. The van der Waals surface area contributed by atoms with Crippen LogP contribution >= 0.6 is 0 Å². The summed E-state index contributed by atoms with van der Waals surface area (Å²) >= 11 is 0. The molecule has 132 valence electrons. The van der Waals surface area contributed by atoms with Crippen LogP contribution in [0.5, 0.6) is 5.75 Å². The molecule has 2 aromatic carbocycles. The first kappa shape index (κ1) is 17.3. The van der Waals surface area contributed by atoms with Gasteiger partial charge in [-0.1, -0.05) is 31.2 Å². The highest BCUT2D eigenvalue weighted by Gasteiger charge is 2.22. The number of aromatic nitrogens is 2. The minimum atomic E-state index is -3.69. The van der Waals surface area contributed by atoms with Crippen molar-refractivity contribution in [1.29, 1.82) is 0 Å². The second kappa shape index (κ2) is 6.76. The molecule has 0 aliphatic heterocycles. The Labute approximate surface area is 146 Å². The van der Waals surface area contributed by atoms with E-state index >= 15 is 0 Å². The largest absolute Gasteiger partial charge is 0.497 e. The van der Waals surface area contributed by atoms with E-state index in [1.165, 1.54) is 4.57 Å². The Hall–Kier alpha value is -2.54. The number of rotatable bonds is 6. The minimum Gasteiger partial charge on any atom is -0.497 e. The van der Waals surface area contributed by atoms with E-state index in [4.69, 9.17) is 4.74 Å². The number of fused-ring (bicyclic) bond motifs is 1. The molecular formula is C18H20N2O4S. The van der Waals surface area contributed by atoms with Crippen molar-refractivity contribution in [2.45, 2.75) is 19.9 Å². The van der Waals surface area contributed by atoms with E-state index in [-0.39, 0.29) is 12.3 Å². The molecule has 1 aromatic heterocycles. The van der Waals surface area contributed by atoms with Crippen molar-refractivity contribution in [1.82, 2.24) is 8.54 Å². The minimum absolute atomic E-state index is 0.0660. The van der Waals surface area contributed by atoms with Gasteiger partial charge in [0, 0.05) is 0 Å². The molecule has 25 heavy (non-hydrogen) atoms. The van der Waals surface area contributed by atoms with Gasteiger partial charge in [0.25, 0.3) is 0 Å². The maximum Gasteiger partial charge on any atom is 0.343 e. The third kappa shape index (κ3) is 3.19. The van der Waals surface area contributed by atoms with Crippen molar-refractivity contribution in [3.05, 3.63) is 64.6 Å². The average molecular weight is 360 g/mol. The molecule has 0 radical (unpaired) electrons. The zero-order valence-electron chi connectivity index (χ0n) is 14.2. The van der Waals surface area contributed by atoms with Gasteiger partial charge < -0.3 is 4.74 Å². The monoisotopic (exact) mass is 360 g/mol. The zero-order valence-corrected chi connectivity index (χ0v) is 15.0. The highest BCUT2D eigenvalue weighted by molar-refractivity contribution is 7.90. The van der Waals surface area contributed by atoms with Crippen LogP contribution in [-0.4, -0.2) is 29.8 Å². The Morgan fingerprint density at radius 2 is 1.64 bits per heavy atom. The van der Waals surface area contributed by atoms with Gasteiger partial charge >= 0.3 is 5.69 Å². The Morgan fingerprint density at radius 3 is 2.24 bits per heavy atom. The first-order valence-electron chi connectivity index (χ1n) is 8.04. The van der Waals surface area contributed by atoms with Crippen LogP contribution in [0.1, 0.15) is 18.9 Å². The Morgan fingerprint density at radius 1 is 1.00 bits per heavy atom. The summed E-state index contributed by atoms with van der Waals surface area (Å²) < 4.78 is 32.7. The van der Waals surface area contributed by atoms with Crippen molar-refractivity contribution in [3.8, 4) is 5.75 Å². The number of hydrogen-bond acceptors (Lipinski definition) is 4. The molecule has 0 aliphatic carbocycles. The molecule has 0 fully saturated rings. The molecule has 0 atom stereocenters. The van der Waals surface area contributed by atoms with Crippen molar-refractivity contribution in [2.75, 3.05) is 12.9 Å². The molecule has 0 aliphatic rings. The molecule has 0 saturated heterocycles. The van der Waals surface area contributed by atoms with E-state index in [0.29, 0.717) is 17.5 Å². The number of ether oxygens (including phenoxy) is 1. The number of nitrogens with zero attached hydrogens (tertiary/aromatic N) is 2. The molecule has 3 aromatic rings. The van der Waals surface area contributed by atoms with Gasteiger partial charge in [-0.05, 0) is 36.2 Å². The van der Waals surface area contributed by atoms with E-state index in [2.05, 4.69) is 0 Å². The number of imidazole rings is 1. The van der Waals surface area contributed by atoms with Gasteiger partial charge in [-0.2, -0.15) is 3.97 Å². The van der Waals surface area contributed by atoms with Crippen LogP contribution in [0.15, 0.2) is 53.3 Å². The third-order valence-electron chi connectivity index (χ3n) is 4.04. The standard InChI is InChI=1S/C18H20N2O4S/c1-3-12-25(22,23)20-17-7-5-4-6-16(17)19(18(20)21)13-14-8-10-15(24-2)11-9-14/h4-11H,3,12-13H2,1-2H3. The van der Waals surface area contributed by atoms with Gasteiger partial charge in [-0.15, -0.1) is 0 Å². The van der Waals surface area contributed by atoms with Crippen molar-refractivity contribution >= 4 is 21.1 Å². The Balaban J connectivity index is 2.15. The fourth-order valence-electron chi connectivity index (χ4n) is 2.86. The summed E-state index contributed by atoms with van der Waals surface area (Å²) in [7, 11) is -2.10. The maximum absolute atomic E-state index is 12.9. The average Bonchev–Trinajstić information content (AvgIpc) is 2.88. The lowest BCUT2D eigenvalue weighted by molar-refractivity contribution is 0.414. The van der Waals surface area contributed by atoms with Crippen LogP contribution in [0.4, 0.5) is 0 Å². The molecule has 0 unspecified atom stereocenters. The van der Waals surface area contributed by atoms with Crippen molar-refractivity contribution in [2.24, 2.45) is 0 Å². The quantitative estimate of drug-likeness (QED) is 0.677. The first-order chi connectivity index (χ1) is 12.0. The topological polar surface area (TPSA) is 70.3 Å². The summed E-state index contributed by atoms with van der Waals surface area (Å²) in [6, 6.07) is 14.3. The van der Waals surface area contributed by atoms with E-state index in [9.17, 15) is 13.2 Å². The molecule has 0 spiro atoms.